The van der Waals surface area contributed by atoms with E-state index >= 15 is 0 Å². The molecule has 1 aromatic heterocycles. The number of allylic oxidation sites excluding steroid dienone is 1. The normalized spacial score (nSPS) is 14.6. The van der Waals surface area contributed by atoms with Crippen molar-refractivity contribution >= 4 is 35.3 Å². The number of ether oxygens (including phenoxy) is 4. The Labute approximate surface area is 233 Å². The molecule has 0 bridgehead atoms. The van der Waals surface area contributed by atoms with Crippen LogP contribution in [0.4, 0.5) is 0 Å². The zero-order chi connectivity index (χ0) is 29.0. The molecule has 4 rings (SSSR count). The Hall–Kier alpha value is -4.77. The molecule has 0 amide bonds. The molecule has 2 heterocycles. The Morgan fingerprint density at radius 1 is 1.05 bits per heavy atom. The highest BCUT2D eigenvalue weighted by Gasteiger charge is 2.34. The zero-order valence-electron chi connectivity index (χ0n) is 22.3. The second-order valence-corrected chi connectivity index (χ2v) is 9.64. The number of esters is 3. The first-order valence-corrected chi connectivity index (χ1v) is 12.9. The van der Waals surface area contributed by atoms with Crippen LogP contribution in [0, 0.1) is 0 Å². The Kier molecular flexibility index (Phi) is 8.44. The highest BCUT2D eigenvalue weighted by Crippen LogP contribution is 2.36. The van der Waals surface area contributed by atoms with E-state index in [0.717, 1.165) is 0 Å². The second kappa shape index (κ2) is 12.0. The predicted molar refractivity (Wildman–Crippen MR) is 147 cm³/mol. The van der Waals surface area contributed by atoms with Gasteiger partial charge in [-0.1, -0.05) is 42.2 Å². The number of benzene rings is 2. The number of nitrogens with zero attached hydrogens (tertiary/aromatic N) is 2. The molecule has 3 aromatic rings. The number of carbonyl (C=O) groups is 3. The summed E-state index contributed by atoms with van der Waals surface area (Å²) >= 11 is 1.17. The van der Waals surface area contributed by atoms with Crippen molar-refractivity contribution in [2.24, 2.45) is 4.99 Å². The third-order valence-electron chi connectivity index (χ3n) is 5.77. The number of methoxy groups -OCH3 is 1. The summed E-state index contributed by atoms with van der Waals surface area (Å²) in [6, 6.07) is 10.6. The molecule has 0 radical (unpaired) electrons. The van der Waals surface area contributed by atoms with Crippen molar-refractivity contribution < 1.29 is 33.3 Å². The molecule has 1 atom stereocenters. The van der Waals surface area contributed by atoms with Gasteiger partial charge in [0.15, 0.2) is 16.3 Å². The molecule has 1 unspecified atom stereocenters. The van der Waals surface area contributed by atoms with E-state index in [-0.39, 0.29) is 29.2 Å². The molecule has 11 heteroatoms. The molecule has 1 aliphatic heterocycles. The van der Waals surface area contributed by atoms with Crippen LogP contribution in [0.25, 0.3) is 6.08 Å². The number of carbonyl (C=O) groups excluding carboxylic acids is 3. The van der Waals surface area contributed by atoms with Gasteiger partial charge >= 0.3 is 17.9 Å². The number of fused-ring (bicyclic) bond motifs is 1. The molecule has 1 aliphatic rings. The molecule has 0 fully saturated rings. The van der Waals surface area contributed by atoms with Crippen molar-refractivity contribution in [2.75, 3.05) is 13.7 Å². The minimum Gasteiger partial charge on any atom is -0.493 e. The van der Waals surface area contributed by atoms with Crippen molar-refractivity contribution in [2.45, 2.75) is 26.8 Å². The van der Waals surface area contributed by atoms with Gasteiger partial charge in [0, 0.05) is 13.8 Å². The fraction of sp³-hybridized carbons (Fsp3) is 0.207. The van der Waals surface area contributed by atoms with Crippen molar-refractivity contribution in [3.8, 4) is 17.2 Å². The van der Waals surface area contributed by atoms with E-state index in [2.05, 4.69) is 11.6 Å². The van der Waals surface area contributed by atoms with Crippen molar-refractivity contribution in [3.63, 3.8) is 0 Å². The van der Waals surface area contributed by atoms with Gasteiger partial charge in [0.05, 0.1) is 29.0 Å². The van der Waals surface area contributed by atoms with E-state index < -0.39 is 23.9 Å². The highest BCUT2D eigenvalue weighted by molar-refractivity contribution is 7.07. The summed E-state index contributed by atoms with van der Waals surface area (Å²) in [6.07, 6.45) is 3.14. The van der Waals surface area contributed by atoms with Gasteiger partial charge in [0.1, 0.15) is 12.4 Å². The zero-order valence-corrected chi connectivity index (χ0v) is 23.1. The maximum Gasteiger partial charge on any atom is 0.338 e. The van der Waals surface area contributed by atoms with Crippen LogP contribution in [0.15, 0.2) is 76.2 Å². The van der Waals surface area contributed by atoms with Crippen LogP contribution in [0.5, 0.6) is 17.2 Å². The minimum atomic E-state index is -0.901. The molecule has 0 saturated carbocycles. The van der Waals surface area contributed by atoms with E-state index in [4.69, 9.17) is 18.9 Å². The second-order valence-electron chi connectivity index (χ2n) is 8.64. The first-order chi connectivity index (χ1) is 19.1. The van der Waals surface area contributed by atoms with Gasteiger partial charge in [-0.3, -0.25) is 19.0 Å². The lowest BCUT2D eigenvalue weighted by atomic mass is 9.95. The van der Waals surface area contributed by atoms with Crippen LogP contribution in [-0.4, -0.2) is 36.2 Å². The van der Waals surface area contributed by atoms with Crippen LogP contribution < -0.4 is 29.1 Å². The van der Waals surface area contributed by atoms with Gasteiger partial charge in [-0.05, 0) is 48.4 Å². The largest absolute Gasteiger partial charge is 0.493 e. The van der Waals surface area contributed by atoms with E-state index in [1.165, 1.54) is 49.0 Å². The topological polar surface area (TPSA) is 122 Å². The van der Waals surface area contributed by atoms with Gasteiger partial charge in [-0.15, -0.1) is 0 Å². The SMILES string of the molecule is C=CCOC(=O)C1=C(C)N=c2s/c(=C\c3ccc(OC(C)=O)cc3)c(=O)n2C1c1ccc(OC(C)=O)c(OC)c1. The maximum absolute atomic E-state index is 13.8. The molecule has 0 aliphatic carbocycles. The first-order valence-electron chi connectivity index (χ1n) is 12.1. The highest BCUT2D eigenvalue weighted by atomic mass is 32.1. The van der Waals surface area contributed by atoms with Crippen LogP contribution >= 0.6 is 11.3 Å². The Morgan fingerprint density at radius 3 is 2.38 bits per heavy atom. The summed E-state index contributed by atoms with van der Waals surface area (Å²) in [4.78, 5) is 54.7. The number of thiazole rings is 1. The lowest BCUT2D eigenvalue weighted by Crippen LogP contribution is -2.40. The Morgan fingerprint density at radius 2 is 1.75 bits per heavy atom. The van der Waals surface area contributed by atoms with Crippen molar-refractivity contribution in [1.82, 2.24) is 4.57 Å². The average molecular weight is 563 g/mol. The van der Waals surface area contributed by atoms with Crippen molar-refractivity contribution in [3.05, 3.63) is 97.2 Å². The Balaban J connectivity index is 1.88. The standard InChI is InChI=1S/C29H26N2O8S/c1-6-13-37-28(35)25-16(2)30-29-31(26(25)20-9-12-22(39-18(4)33)23(15-20)36-5)27(34)24(40-29)14-19-7-10-21(11-8-19)38-17(3)32/h6-12,14-15,26H,1,13H2,2-5H3/b24-14-. The summed E-state index contributed by atoms with van der Waals surface area (Å²) in [5.74, 6) is -0.781. The lowest BCUT2D eigenvalue weighted by molar-refractivity contribution is -0.138. The van der Waals surface area contributed by atoms with Crippen LogP contribution in [-0.2, 0) is 19.1 Å². The molecule has 206 valence electrons. The van der Waals surface area contributed by atoms with E-state index in [1.54, 1.807) is 49.4 Å². The number of rotatable bonds is 8. The molecular weight excluding hydrogens is 536 g/mol. The summed E-state index contributed by atoms with van der Waals surface area (Å²) in [5, 5.41) is 0. The van der Waals surface area contributed by atoms with Crippen molar-refractivity contribution in [1.29, 1.82) is 0 Å². The van der Waals surface area contributed by atoms with E-state index in [9.17, 15) is 19.2 Å². The first kappa shape index (κ1) is 28.2. The third-order valence-corrected chi connectivity index (χ3v) is 6.75. The van der Waals surface area contributed by atoms with Gasteiger partial charge in [0.2, 0.25) is 0 Å². The average Bonchev–Trinajstić information content (AvgIpc) is 3.21. The van der Waals surface area contributed by atoms with E-state index in [1.807, 2.05) is 0 Å². The maximum atomic E-state index is 13.8. The van der Waals surface area contributed by atoms with Gasteiger partial charge < -0.3 is 18.9 Å². The third kappa shape index (κ3) is 5.94. The van der Waals surface area contributed by atoms with E-state index in [0.29, 0.717) is 31.9 Å². The molecule has 0 spiro atoms. The summed E-state index contributed by atoms with van der Waals surface area (Å²) in [5.41, 5.74) is 1.41. The minimum absolute atomic E-state index is 0.0230. The fourth-order valence-corrected chi connectivity index (χ4v) is 5.20. The van der Waals surface area contributed by atoms with Crippen LogP contribution in [0.1, 0.15) is 37.9 Å². The quantitative estimate of drug-likeness (QED) is 0.233. The molecule has 40 heavy (non-hydrogen) atoms. The smallest absolute Gasteiger partial charge is 0.338 e. The number of hydrogen-bond donors (Lipinski definition) is 0. The predicted octanol–water partition coefficient (Wildman–Crippen LogP) is 2.82. The molecular formula is C29H26N2O8S. The summed E-state index contributed by atoms with van der Waals surface area (Å²) in [6.45, 7) is 7.82. The number of hydrogen-bond acceptors (Lipinski definition) is 10. The molecule has 10 nitrogen and oxygen atoms in total. The number of aromatic nitrogens is 1. The van der Waals surface area contributed by atoms with Gasteiger partial charge in [-0.25, -0.2) is 9.79 Å². The summed E-state index contributed by atoms with van der Waals surface area (Å²) < 4.78 is 22.9. The summed E-state index contributed by atoms with van der Waals surface area (Å²) in [7, 11) is 1.42. The molecule has 2 aromatic carbocycles. The monoisotopic (exact) mass is 562 g/mol. The molecule has 0 saturated heterocycles. The fourth-order valence-electron chi connectivity index (χ4n) is 4.15. The van der Waals surface area contributed by atoms with Crippen LogP contribution in [0.3, 0.4) is 0 Å². The Bertz CT molecular complexity index is 1710. The van der Waals surface area contributed by atoms with Crippen LogP contribution in [0.2, 0.25) is 0 Å². The van der Waals surface area contributed by atoms with Gasteiger partial charge in [0.25, 0.3) is 5.56 Å². The molecule has 0 N–H and O–H groups in total. The van der Waals surface area contributed by atoms with Gasteiger partial charge in [-0.2, -0.15) is 0 Å². The lowest BCUT2D eigenvalue weighted by Gasteiger charge is -2.25.